The zero-order valence-corrected chi connectivity index (χ0v) is 12.2. The van der Waals surface area contributed by atoms with Crippen LogP contribution in [0.15, 0.2) is 47.4 Å². The number of rotatable bonds is 1. The molecule has 0 saturated heterocycles. The van der Waals surface area contributed by atoms with Crippen molar-refractivity contribution in [2.45, 2.75) is 4.90 Å². The standard InChI is InChI=1S/C14H11FN2O4S/c1-16-12-8-11(18)6-7-13(12)22(20,21)17(14(16)19)10-4-2-9(15)3-5-10/h2-8,18H,1H3. The molecule has 1 heterocycles. The summed E-state index contributed by atoms with van der Waals surface area (Å²) in [6.07, 6.45) is 0. The number of urea groups is 1. The highest BCUT2D eigenvalue weighted by molar-refractivity contribution is 7.94. The minimum absolute atomic E-state index is 0.0389. The molecule has 1 N–H and O–H groups in total. The van der Waals surface area contributed by atoms with Gasteiger partial charge in [-0.2, -0.15) is 4.31 Å². The van der Waals surface area contributed by atoms with Gasteiger partial charge in [-0.3, -0.25) is 4.90 Å². The Hall–Kier alpha value is -2.61. The highest BCUT2D eigenvalue weighted by atomic mass is 32.2. The molecule has 0 aliphatic carbocycles. The number of aromatic hydroxyl groups is 1. The van der Waals surface area contributed by atoms with E-state index >= 15 is 0 Å². The zero-order valence-electron chi connectivity index (χ0n) is 11.4. The SMILES string of the molecule is CN1C(=O)N(c2ccc(F)cc2)S(=O)(=O)c2ccc(O)cc21. The van der Waals surface area contributed by atoms with Gasteiger partial charge in [0.2, 0.25) is 0 Å². The van der Waals surface area contributed by atoms with Crippen LogP contribution in [0.1, 0.15) is 0 Å². The number of carbonyl (C=O) groups is 1. The van der Waals surface area contributed by atoms with E-state index in [0.29, 0.717) is 4.31 Å². The minimum Gasteiger partial charge on any atom is -0.508 e. The largest absolute Gasteiger partial charge is 0.508 e. The summed E-state index contributed by atoms with van der Waals surface area (Å²) in [7, 11) is -2.74. The van der Waals surface area contributed by atoms with Crippen LogP contribution in [0.5, 0.6) is 5.75 Å². The highest BCUT2D eigenvalue weighted by Gasteiger charge is 2.41. The number of phenols is 1. The molecule has 1 aliphatic heterocycles. The van der Waals surface area contributed by atoms with Gasteiger partial charge < -0.3 is 5.11 Å². The van der Waals surface area contributed by atoms with Gasteiger partial charge in [-0.15, -0.1) is 0 Å². The molecule has 0 radical (unpaired) electrons. The molecule has 0 bridgehead atoms. The molecule has 114 valence electrons. The molecule has 2 amide bonds. The van der Waals surface area contributed by atoms with Crippen molar-refractivity contribution >= 4 is 27.4 Å². The molecule has 0 aromatic heterocycles. The molecular formula is C14H11FN2O4S. The first-order valence-electron chi connectivity index (χ1n) is 6.24. The summed E-state index contributed by atoms with van der Waals surface area (Å²) in [6.45, 7) is 0. The summed E-state index contributed by atoms with van der Waals surface area (Å²) >= 11 is 0. The lowest BCUT2D eigenvalue weighted by atomic mass is 10.2. The monoisotopic (exact) mass is 322 g/mol. The highest BCUT2D eigenvalue weighted by Crippen LogP contribution is 2.38. The van der Waals surface area contributed by atoms with Crippen LogP contribution < -0.4 is 9.21 Å². The van der Waals surface area contributed by atoms with Crippen molar-refractivity contribution in [3.05, 3.63) is 48.3 Å². The number of anilines is 2. The number of carbonyl (C=O) groups excluding carboxylic acids is 1. The molecule has 0 spiro atoms. The van der Waals surface area contributed by atoms with E-state index in [-0.39, 0.29) is 22.0 Å². The number of amides is 2. The summed E-state index contributed by atoms with van der Waals surface area (Å²) in [6, 6.07) is 7.41. The Labute approximate surface area is 126 Å². The summed E-state index contributed by atoms with van der Waals surface area (Å²) < 4.78 is 38.9. The lowest BCUT2D eigenvalue weighted by molar-refractivity contribution is 0.255. The smallest absolute Gasteiger partial charge is 0.342 e. The maximum atomic E-state index is 13.0. The fourth-order valence-corrected chi connectivity index (χ4v) is 3.88. The topological polar surface area (TPSA) is 77.9 Å². The van der Waals surface area contributed by atoms with Crippen LogP contribution in [0.25, 0.3) is 0 Å². The first-order chi connectivity index (χ1) is 10.3. The van der Waals surface area contributed by atoms with Crippen LogP contribution in [0, 0.1) is 5.82 Å². The van der Waals surface area contributed by atoms with Gasteiger partial charge in [0.1, 0.15) is 16.5 Å². The summed E-state index contributed by atoms with van der Waals surface area (Å²) in [4.78, 5) is 13.4. The van der Waals surface area contributed by atoms with Gasteiger partial charge in [0.15, 0.2) is 0 Å². The third kappa shape index (κ3) is 2.00. The number of hydrogen-bond donors (Lipinski definition) is 1. The number of halogens is 1. The van der Waals surface area contributed by atoms with E-state index in [1.165, 1.54) is 37.4 Å². The van der Waals surface area contributed by atoms with E-state index in [9.17, 15) is 22.7 Å². The first-order valence-corrected chi connectivity index (χ1v) is 7.68. The molecule has 2 aromatic carbocycles. The summed E-state index contributed by atoms with van der Waals surface area (Å²) in [5.41, 5.74) is 0.125. The van der Waals surface area contributed by atoms with Crippen molar-refractivity contribution in [2.75, 3.05) is 16.3 Å². The van der Waals surface area contributed by atoms with Gasteiger partial charge in [0.05, 0.1) is 11.4 Å². The number of sulfonamides is 1. The molecule has 1 aliphatic rings. The average Bonchev–Trinajstić information content (AvgIpc) is 2.47. The van der Waals surface area contributed by atoms with Gasteiger partial charge in [-0.1, -0.05) is 0 Å². The predicted molar refractivity (Wildman–Crippen MR) is 78.0 cm³/mol. The molecule has 0 fully saturated rings. The molecular weight excluding hydrogens is 311 g/mol. The Kier molecular flexibility index (Phi) is 3.06. The van der Waals surface area contributed by atoms with Crippen LogP contribution in [-0.4, -0.2) is 26.6 Å². The third-order valence-electron chi connectivity index (χ3n) is 3.34. The Balaban J connectivity index is 2.23. The summed E-state index contributed by atoms with van der Waals surface area (Å²) in [5, 5.41) is 9.49. The molecule has 0 unspecified atom stereocenters. The Morgan fingerprint density at radius 3 is 2.36 bits per heavy atom. The van der Waals surface area contributed by atoms with E-state index in [0.717, 1.165) is 17.0 Å². The first kappa shape index (κ1) is 14.3. The van der Waals surface area contributed by atoms with Crippen LogP contribution in [0.2, 0.25) is 0 Å². The van der Waals surface area contributed by atoms with Gasteiger partial charge >= 0.3 is 6.03 Å². The van der Waals surface area contributed by atoms with Gasteiger partial charge in [-0.25, -0.2) is 17.6 Å². The average molecular weight is 322 g/mol. The Morgan fingerprint density at radius 1 is 1.09 bits per heavy atom. The van der Waals surface area contributed by atoms with Crippen LogP contribution >= 0.6 is 0 Å². The van der Waals surface area contributed by atoms with Gasteiger partial charge in [0, 0.05) is 13.1 Å². The number of fused-ring (bicyclic) bond motifs is 1. The van der Waals surface area contributed by atoms with E-state index in [1.807, 2.05) is 0 Å². The van der Waals surface area contributed by atoms with Crippen molar-refractivity contribution in [3.8, 4) is 5.75 Å². The second-order valence-electron chi connectivity index (χ2n) is 4.74. The van der Waals surface area contributed by atoms with E-state index in [1.54, 1.807) is 0 Å². The van der Waals surface area contributed by atoms with Gasteiger partial charge in [-0.05, 0) is 36.4 Å². The molecule has 2 aromatic rings. The molecule has 0 saturated carbocycles. The van der Waals surface area contributed by atoms with Crippen LogP contribution in [-0.2, 0) is 10.0 Å². The van der Waals surface area contributed by atoms with Crippen molar-refractivity contribution in [1.29, 1.82) is 0 Å². The maximum absolute atomic E-state index is 13.0. The minimum atomic E-state index is -4.14. The predicted octanol–water partition coefficient (Wildman–Crippen LogP) is 2.30. The van der Waals surface area contributed by atoms with Crippen molar-refractivity contribution in [2.24, 2.45) is 0 Å². The van der Waals surface area contributed by atoms with E-state index in [4.69, 9.17) is 0 Å². The van der Waals surface area contributed by atoms with Crippen molar-refractivity contribution < 1.29 is 22.7 Å². The Bertz CT molecular complexity index is 865. The fourth-order valence-electron chi connectivity index (χ4n) is 2.25. The van der Waals surface area contributed by atoms with E-state index in [2.05, 4.69) is 0 Å². The van der Waals surface area contributed by atoms with Crippen LogP contribution in [0.4, 0.5) is 20.6 Å². The van der Waals surface area contributed by atoms with Gasteiger partial charge in [0.25, 0.3) is 10.0 Å². The second kappa shape index (κ2) is 4.70. The fraction of sp³-hybridized carbons (Fsp3) is 0.0714. The second-order valence-corrected chi connectivity index (χ2v) is 6.49. The third-order valence-corrected chi connectivity index (χ3v) is 5.09. The molecule has 8 heteroatoms. The van der Waals surface area contributed by atoms with Crippen LogP contribution in [0.3, 0.4) is 0 Å². The van der Waals surface area contributed by atoms with Crippen molar-refractivity contribution in [1.82, 2.24) is 0 Å². The lowest BCUT2D eigenvalue weighted by Gasteiger charge is -2.34. The van der Waals surface area contributed by atoms with Crippen molar-refractivity contribution in [3.63, 3.8) is 0 Å². The normalized spacial score (nSPS) is 16.5. The molecule has 0 atom stereocenters. The summed E-state index contributed by atoms with van der Waals surface area (Å²) in [5.74, 6) is -0.687. The molecule has 22 heavy (non-hydrogen) atoms. The zero-order chi connectivity index (χ0) is 16.1. The lowest BCUT2D eigenvalue weighted by Crippen LogP contribution is -2.49. The molecule has 6 nitrogen and oxygen atoms in total. The van der Waals surface area contributed by atoms with E-state index < -0.39 is 21.9 Å². The maximum Gasteiger partial charge on any atom is 0.342 e. The number of phenolic OH excluding ortho intramolecular Hbond substituents is 1. The number of nitrogens with zero attached hydrogens (tertiary/aromatic N) is 2. The number of benzene rings is 2. The quantitative estimate of drug-likeness (QED) is 0.874. The molecule has 3 rings (SSSR count). The number of hydrogen-bond acceptors (Lipinski definition) is 4. The Morgan fingerprint density at radius 2 is 1.73 bits per heavy atom.